The van der Waals surface area contributed by atoms with Gasteiger partial charge in [-0.15, -0.1) is 0 Å². The zero-order valence-electron chi connectivity index (χ0n) is 15.7. The summed E-state index contributed by atoms with van der Waals surface area (Å²) >= 11 is 0. The standard InChI is InChI=1S/C21H21N5O2/c1-21(2)10-13-15(14(27)11-21)16(18-22-8-9-23-18)17-19(24-13)25-26(20(17)28)12-6-4-3-5-7-12/h3-9,16,24-25H,10-11H2,1-2H3,(H,22,23)/t16-/m1/s1. The summed E-state index contributed by atoms with van der Waals surface area (Å²) in [5.74, 6) is 0.801. The Balaban J connectivity index is 1.74. The maximum atomic E-state index is 13.3. The van der Waals surface area contributed by atoms with Crippen LogP contribution in [0.2, 0.25) is 0 Å². The Labute approximate surface area is 161 Å². The fourth-order valence-corrected chi connectivity index (χ4v) is 4.36. The highest BCUT2D eigenvalue weighted by atomic mass is 16.1. The van der Waals surface area contributed by atoms with Crippen molar-refractivity contribution in [3.05, 3.63) is 75.7 Å². The smallest absolute Gasteiger partial charge is 0.277 e. The van der Waals surface area contributed by atoms with E-state index in [0.29, 0.717) is 29.2 Å². The lowest BCUT2D eigenvalue weighted by Gasteiger charge is -2.37. The minimum atomic E-state index is -0.501. The molecule has 0 saturated carbocycles. The highest BCUT2D eigenvalue weighted by molar-refractivity contribution is 6.01. The summed E-state index contributed by atoms with van der Waals surface area (Å²) in [5, 5.41) is 6.54. The number of carbonyl (C=O) groups excluding carboxylic acids is 1. The number of nitrogens with one attached hydrogen (secondary N) is 3. The molecule has 5 rings (SSSR count). The second kappa shape index (κ2) is 5.82. The van der Waals surface area contributed by atoms with Crippen molar-refractivity contribution in [1.29, 1.82) is 0 Å². The predicted molar refractivity (Wildman–Crippen MR) is 105 cm³/mol. The highest BCUT2D eigenvalue weighted by Gasteiger charge is 2.43. The lowest BCUT2D eigenvalue weighted by Crippen LogP contribution is -2.35. The van der Waals surface area contributed by atoms with E-state index in [2.05, 4.69) is 34.2 Å². The van der Waals surface area contributed by atoms with Crippen molar-refractivity contribution in [1.82, 2.24) is 19.7 Å². The molecule has 3 heterocycles. The number of Topliss-reactive ketones (excluding diaryl/α,β-unsaturated/α-hetero) is 1. The largest absolute Gasteiger partial charge is 0.348 e. The van der Waals surface area contributed by atoms with Gasteiger partial charge in [-0.3, -0.25) is 14.7 Å². The number of aromatic amines is 2. The Kier molecular flexibility index (Phi) is 3.49. The van der Waals surface area contributed by atoms with Crippen molar-refractivity contribution in [3.63, 3.8) is 0 Å². The minimum Gasteiger partial charge on any atom is -0.348 e. The van der Waals surface area contributed by atoms with Crippen molar-refractivity contribution in [2.24, 2.45) is 5.41 Å². The fraction of sp³-hybridized carbons (Fsp3) is 0.286. The van der Waals surface area contributed by atoms with Crippen LogP contribution in [0.1, 0.15) is 44.0 Å². The summed E-state index contributed by atoms with van der Waals surface area (Å²) < 4.78 is 1.52. The van der Waals surface area contributed by atoms with Crippen LogP contribution in [-0.2, 0) is 4.79 Å². The molecule has 1 aliphatic heterocycles. The minimum absolute atomic E-state index is 0.0673. The average Bonchev–Trinajstić information content (AvgIpc) is 3.28. The van der Waals surface area contributed by atoms with Gasteiger partial charge in [0.15, 0.2) is 5.78 Å². The summed E-state index contributed by atoms with van der Waals surface area (Å²) in [5.41, 5.74) is 2.47. The summed E-state index contributed by atoms with van der Waals surface area (Å²) in [6.45, 7) is 4.18. The first kappa shape index (κ1) is 16.8. The maximum Gasteiger partial charge on any atom is 0.277 e. The van der Waals surface area contributed by atoms with Crippen LogP contribution in [0.25, 0.3) is 5.69 Å². The molecule has 7 heteroatoms. The third-order valence-electron chi connectivity index (χ3n) is 5.51. The molecule has 0 bridgehead atoms. The van der Waals surface area contributed by atoms with E-state index in [0.717, 1.165) is 17.8 Å². The van der Waals surface area contributed by atoms with Crippen LogP contribution < -0.4 is 10.9 Å². The summed E-state index contributed by atoms with van der Waals surface area (Å²) in [6.07, 6.45) is 4.56. The predicted octanol–water partition coefficient (Wildman–Crippen LogP) is 3.09. The van der Waals surface area contributed by atoms with Crippen LogP contribution in [0, 0.1) is 5.41 Å². The molecule has 3 N–H and O–H groups in total. The van der Waals surface area contributed by atoms with Crippen molar-refractivity contribution < 1.29 is 4.79 Å². The van der Waals surface area contributed by atoms with Crippen LogP contribution >= 0.6 is 0 Å². The lowest BCUT2D eigenvalue weighted by molar-refractivity contribution is -0.118. The van der Waals surface area contributed by atoms with E-state index in [9.17, 15) is 9.59 Å². The number of hydrogen-bond acceptors (Lipinski definition) is 4. The molecule has 1 atom stereocenters. The van der Waals surface area contributed by atoms with Crippen molar-refractivity contribution >= 4 is 11.6 Å². The van der Waals surface area contributed by atoms with Crippen molar-refractivity contribution in [3.8, 4) is 5.69 Å². The number of hydrogen-bond donors (Lipinski definition) is 3. The normalized spacial score (nSPS) is 20.5. The number of allylic oxidation sites excluding steroid dienone is 2. The number of ketones is 1. The van der Waals surface area contributed by atoms with Gasteiger partial charge < -0.3 is 10.3 Å². The van der Waals surface area contributed by atoms with E-state index < -0.39 is 5.92 Å². The van der Waals surface area contributed by atoms with E-state index in [4.69, 9.17) is 0 Å². The highest BCUT2D eigenvalue weighted by Crippen LogP contribution is 2.47. The van der Waals surface area contributed by atoms with Gasteiger partial charge in [0.1, 0.15) is 11.6 Å². The summed E-state index contributed by atoms with van der Waals surface area (Å²) in [7, 11) is 0. The van der Waals surface area contributed by atoms with Gasteiger partial charge in [-0.25, -0.2) is 9.67 Å². The molecule has 0 fully saturated rings. The third-order valence-corrected chi connectivity index (χ3v) is 5.51. The summed E-state index contributed by atoms with van der Waals surface area (Å²) in [4.78, 5) is 33.9. The number of rotatable bonds is 2. The number of fused-ring (bicyclic) bond motifs is 1. The lowest BCUT2D eigenvalue weighted by atomic mass is 9.70. The number of imidazole rings is 1. The third kappa shape index (κ3) is 2.46. The monoisotopic (exact) mass is 375 g/mol. The molecule has 142 valence electrons. The quantitative estimate of drug-likeness (QED) is 0.641. The first-order chi connectivity index (χ1) is 13.4. The molecule has 2 aromatic heterocycles. The number of aromatic nitrogens is 4. The van der Waals surface area contributed by atoms with Crippen LogP contribution in [0.4, 0.5) is 5.82 Å². The number of H-pyrrole nitrogens is 2. The van der Waals surface area contributed by atoms with Crippen molar-refractivity contribution in [2.75, 3.05) is 5.32 Å². The van der Waals surface area contributed by atoms with Gasteiger partial charge >= 0.3 is 0 Å². The molecule has 0 unspecified atom stereocenters. The van der Waals surface area contributed by atoms with Gasteiger partial charge in [-0.2, -0.15) is 0 Å². The van der Waals surface area contributed by atoms with Gasteiger partial charge in [0.05, 0.1) is 17.2 Å². The second-order valence-corrected chi connectivity index (χ2v) is 8.24. The van der Waals surface area contributed by atoms with Gasteiger partial charge in [0, 0.05) is 30.1 Å². The van der Waals surface area contributed by atoms with E-state index >= 15 is 0 Å². The Morgan fingerprint density at radius 3 is 2.64 bits per heavy atom. The second-order valence-electron chi connectivity index (χ2n) is 8.24. The number of nitrogens with zero attached hydrogens (tertiary/aromatic N) is 2. The Morgan fingerprint density at radius 2 is 1.93 bits per heavy atom. The van der Waals surface area contributed by atoms with Gasteiger partial charge in [0.2, 0.25) is 0 Å². The molecule has 0 spiro atoms. The molecule has 1 aromatic carbocycles. The molecule has 0 amide bonds. The molecule has 28 heavy (non-hydrogen) atoms. The first-order valence-electron chi connectivity index (χ1n) is 9.37. The molecule has 0 radical (unpaired) electrons. The fourth-order valence-electron chi connectivity index (χ4n) is 4.36. The van der Waals surface area contributed by atoms with Crippen LogP contribution in [-0.4, -0.2) is 25.5 Å². The molecule has 1 aliphatic carbocycles. The molecule has 7 nitrogen and oxygen atoms in total. The number of carbonyl (C=O) groups is 1. The zero-order chi connectivity index (χ0) is 19.5. The number of anilines is 1. The molecule has 3 aromatic rings. The van der Waals surface area contributed by atoms with Crippen molar-refractivity contribution in [2.45, 2.75) is 32.6 Å². The molecular weight excluding hydrogens is 354 g/mol. The van der Waals surface area contributed by atoms with Gasteiger partial charge in [0.25, 0.3) is 5.56 Å². The average molecular weight is 375 g/mol. The molecular formula is C21H21N5O2. The first-order valence-corrected chi connectivity index (χ1v) is 9.37. The Hall–Kier alpha value is -3.35. The van der Waals surface area contributed by atoms with Crippen LogP contribution in [0.15, 0.2) is 58.8 Å². The Morgan fingerprint density at radius 1 is 1.14 bits per heavy atom. The van der Waals surface area contributed by atoms with E-state index in [1.54, 1.807) is 12.4 Å². The topological polar surface area (TPSA) is 95.6 Å². The zero-order valence-corrected chi connectivity index (χ0v) is 15.7. The molecule has 0 saturated heterocycles. The van der Waals surface area contributed by atoms with E-state index in [-0.39, 0.29) is 16.8 Å². The Bertz CT molecular complexity index is 1150. The number of para-hydroxylation sites is 1. The summed E-state index contributed by atoms with van der Waals surface area (Å²) in [6, 6.07) is 9.41. The molecule has 2 aliphatic rings. The SMILES string of the molecule is CC1(C)CC(=O)C2=C(C1)Nc1[nH]n(-c3ccccc3)c(=O)c1[C@@H]2c1ncc[nH]1. The van der Waals surface area contributed by atoms with Crippen LogP contribution in [0.3, 0.4) is 0 Å². The van der Waals surface area contributed by atoms with E-state index in [1.807, 2.05) is 30.3 Å². The van der Waals surface area contributed by atoms with Gasteiger partial charge in [-0.1, -0.05) is 32.0 Å². The maximum absolute atomic E-state index is 13.3. The number of benzene rings is 1. The van der Waals surface area contributed by atoms with E-state index in [1.165, 1.54) is 4.68 Å². The van der Waals surface area contributed by atoms with Crippen LogP contribution in [0.5, 0.6) is 0 Å². The van der Waals surface area contributed by atoms with Gasteiger partial charge in [-0.05, 0) is 24.0 Å².